The van der Waals surface area contributed by atoms with E-state index in [1.165, 1.54) is 18.4 Å². The molecule has 3 heteroatoms. The molecule has 0 radical (unpaired) electrons. The van der Waals surface area contributed by atoms with Crippen LogP contribution in [0.1, 0.15) is 20.1 Å². The van der Waals surface area contributed by atoms with Gasteiger partial charge in [0.15, 0.2) is 0 Å². The van der Waals surface area contributed by atoms with Crippen LogP contribution in [0.3, 0.4) is 0 Å². The number of hydrogen-bond donors (Lipinski definition) is 0. The highest BCUT2D eigenvalue weighted by Gasteiger charge is 2.11. The number of methoxy groups -OCH3 is 1. The van der Waals surface area contributed by atoms with Crippen molar-refractivity contribution in [1.82, 2.24) is 0 Å². The predicted octanol–water partition coefficient (Wildman–Crippen LogP) is 2.15. The van der Waals surface area contributed by atoms with Crippen molar-refractivity contribution in [1.29, 1.82) is 0 Å². The lowest BCUT2D eigenvalue weighted by atomic mass is 10.3. The largest absolute Gasteiger partial charge is 0.465 e. The van der Waals surface area contributed by atoms with Gasteiger partial charge in [0, 0.05) is 4.88 Å². The normalized spacial score (nSPS) is 9.73. The fourth-order valence-electron chi connectivity index (χ4n) is 0.937. The molecule has 0 aromatic carbocycles. The van der Waals surface area contributed by atoms with Crippen LogP contribution in [0.2, 0.25) is 0 Å². The number of esters is 1. The number of hydrogen-bond acceptors (Lipinski definition) is 3. The molecule has 1 aromatic rings. The van der Waals surface area contributed by atoms with E-state index < -0.39 is 0 Å². The fourth-order valence-corrected chi connectivity index (χ4v) is 1.88. The van der Waals surface area contributed by atoms with Gasteiger partial charge in [-0.25, -0.2) is 4.79 Å². The minimum absolute atomic E-state index is 0.236. The Morgan fingerprint density at radius 1 is 1.55 bits per heavy atom. The zero-order valence-corrected chi connectivity index (χ0v) is 7.62. The third-order valence-corrected chi connectivity index (χ3v) is 2.54. The van der Waals surface area contributed by atoms with Gasteiger partial charge in [0.25, 0.3) is 0 Å². The summed E-state index contributed by atoms with van der Waals surface area (Å²) in [6.45, 7) is 3.89. The summed E-state index contributed by atoms with van der Waals surface area (Å²) in [4.78, 5) is 12.9. The summed E-state index contributed by atoms with van der Waals surface area (Å²) < 4.78 is 4.60. The molecule has 0 atom stereocenters. The van der Waals surface area contributed by atoms with Crippen LogP contribution in [0.5, 0.6) is 0 Å². The average molecular weight is 170 g/mol. The minimum Gasteiger partial charge on any atom is -0.465 e. The van der Waals surface area contributed by atoms with Gasteiger partial charge in [-0.2, -0.15) is 0 Å². The molecule has 0 spiro atoms. The SMILES string of the molecule is COC(=O)c1sc(C)cc1C. The van der Waals surface area contributed by atoms with Gasteiger partial charge in [0.1, 0.15) is 4.88 Å². The van der Waals surface area contributed by atoms with Crippen LogP contribution >= 0.6 is 11.3 Å². The van der Waals surface area contributed by atoms with Gasteiger partial charge in [-0.05, 0) is 25.5 Å². The highest BCUT2D eigenvalue weighted by molar-refractivity contribution is 7.14. The third kappa shape index (κ3) is 1.60. The van der Waals surface area contributed by atoms with Crippen LogP contribution in [0.15, 0.2) is 6.07 Å². The molecular weight excluding hydrogens is 160 g/mol. The first-order valence-electron chi connectivity index (χ1n) is 3.30. The first-order chi connectivity index (χ1) is 5.15. The maximum Gasteiger partial charge on any atom is 0.348 e. The first-order valence-corrected chi connectivity index (χ1v) is 4.12. The third-order valence-electron chi connectivity index (χ3n) is 1.41. The molecule has 0 bridgehead atoms. The lowest BCUT2D eigenvalue weighted by Crippen LogP contribution is -1.99. The van der Waals surface area contributed by atoms with Gasteiger partial charge >= 0.3 is 5.97 Å². The van der Waals surface area contributed by atoms with Crippen molar-refractivity contribution in [2.45, 2.75) is 13.8 Å². The molecular formula is C8H10O2S. The van der Waals surface area contributed by atoms with Crippen molar-refractivity contribution in [3.05, 3.63) is 21.4 Å². The molecule has 1 heterocycles. The summed E-state index contributed by atoms with van der Waals surface area (Å²) in [7, 11) is 1.40. The lowest BCUT2D eigenvalue weighted by Gasteiger charge is -1.94. The van der Waals surface area contributed by atoms with Crippen molar-refractivity contribution >= 4 is 17.3 Å². The summed E-state index contributed by atoms with van der Waals surface area (Å²) in [5.41, 5.74) is 0.999. The van der Waals surface area contributed by atoms with E-state index in [9.17, 15) is 4.79 Å². The maximum atomic E-state index is 11.0. The van der Waals surface area contributed by atoms with Crippen LogP contribution in [-0.4, -0.2) is 13.1 Å². The van der Waals surface area contributed by atoms with Crippen molar-refractivity contribution in [3.8, 4) is 0 Å². The molecule has 1 rings (SSSR count). The van der Waals surface area contributed by atoms with Gasteiger partial charge in [-0.3, -0.25) is 0 Å². The van der Waals surface area contributed by atoms with E-state index in [1.54, 1.807) is 0 Å². The second-order valence-corrected chi connectivity index (χ2v) is 3.62. The topological polar surface area (TPSA) is 26.3 Å². The minimum atomic E-state index is -0.236. The van der Waals surface area contributed by atoms with E-state index in [-0.39, 0.29) is 5.97 Å². The number of rotatable bonds is 1. The number of ether oxygens (including phenoxy) is 1. The fraction of sp³-hybridized carbons (Fsp3) is 0.375. The highest BCUT2D eigenvalue weighted by atomic mass is 32.1. The zero-order valence-electron chi connectivity index (χ0n) is 6.80. The highest BCUT2D eigenvalue weighted by Crippen LogP contribution is 2.21. The molecule has 0 unspecified atom stereocenters. The Balaban J connectivity index is 3.03. The summed E-state index contributed by atoms with van der Waals surface area (Å²) in [5.74, 6) is -0.236. The average Bonchev–Trinajstić information content (AvgIpc) is 2.28. The molecule has 1 aromatic heterocycles. The van der Waals surface area contributed by atoms with Crippen molar-refractivity contribution < 1.29 is 9.53 Å². The number of carbonyl (C=O) groups excluding carboxylic acids is 1. The zero-order chi connectivity index (χ0) is 8.43. The molecule has 0 N–H and O–H groups in total. The van der Waals surface area contributed by atoms with Crippen molar-refractivity contribution in [2.24, 2.45) is 0 Å². The van der Waals surface area contributed by atoms with Crippen LogP contribution in [0, 0.1) is 13.8 Å². The van der Waals surface area contributed by atoms with E-state index in [0.717, 1.165) is 10.4 Å². The molecule has 11 heavy (non-hydrogen) atoms. The van der Waals surface area contributed by atoms with Crippen molar-refractivity contribution in [3.63, 3.8) is 0 Å². The standard InChI is InChI=1S/C8H10O2S/c1-5-4-6(2)11-7(5)8(9)10-3/h4H,1-3H3. The lowest BCUT2D eigenvalue weighted by molar-refractivity contribution is 0.0605. The molecule has 0 saturated heterocycles. The molecule has 0 aliphatic rings. The van der Waals surface area contributed by atoms with E-state index in [0.29, 0.717) is 4.88 Å². The Labute approximate surface area is 69.8 Å². The molecule has 0 aliphatic carbocycles. The summed E-state index contributed by atoms with van der Waals surface area (Å²) in [6, 6.07) is 1.98. The van der Waals surface area contributed by atoms with Gasteiger partial charge in [0.2, 0.25) is 0 Å². The summed E-state index contributed by atoms with van der Waals surface area (Å²) in [6.07, 6.45) is 0. The van der Waals surface area contributed by atoms with Crippen LogP contribution in [-0.2, 0) is 4.74 Å². The van der Waals surface area contributed by atoms with Gasteiger partial charge in [0.05, 0.1) is 7.11 Å². The number of aryl methyl sites for hydroxylation is 2. The van der Waals surface area contributed by atoms with Crippen LogP contribution in [0.4, 0.5) is 0 Å². The Morgan fingerprint density at radius 2 is 2.18 bits per heavy atom. The number of carbonyl (C=O) groups is 1. The van der Waals surface area contributed by atoms with E-state index >= 15 is 0 Å². The Bertz CT molecular complexity index is 276. The monoisotopic (exact) mass is 170 g/mol. The van der Waals surface area contributed by atoms with E-state index in [2.05, 4.69) is 4.74 Å². The predicted molar refractivity (Wildman–Crippen MR) is 45.1 cm³/mol. The van der Waals surface area contributed by atoms with E-state index in [1.807, 2.05) is 19.9 Å². The molecule has 0 aliphatic heterocycles. The molecule has 0 fully saturated rings. The Kier molecular flexibility index (Phi) is 2.29. The Morgan fingerprint density at radius 3 is 2.55 bits per heavy atom. The quantitative estimate of drug-likeness (QED) is 0.604. The maximum absolute atomic E-state index is 11.0. The molecule has 60 valence electrons. The van der Waals surface area contributed by atoms with E-state index in [4.69, 9.17) is 0 Å². The molecule has 0 amide bonds. The summed E-state index contributed by atoms with van der Waals surface area (Å²) >= 11 is 1.47. The smallest absolute Gasteiger partial charge is 0.348 e. The van der Waals surface area contributed by atoms with Gasteiger partial charge in [-0.15, -0.1) is 11.3 Å². The van der Waals surface area contributed by atoms with Crippen LogP contribution < -0.4 is 0 Å². The molecule has 0 saturated carbocycles. The molecule has 2 nitrogen and oxygen atoms in total. The van der Waals surface area contributed by atoms with Gasteiger partial charge < -0.3 is 4.74 Å². The number of thiophene rings is 1. The Hall–Kier alpha value is -0.830. The van der Waals surface area contributed by atoms with Gasteiger partial charge in [-0.1, -0.05) is 0 Å². The second kappa shape index (κ2) is 3.05. The van der Waals surface area contributed by atoms with Crippen molar-refractivity contribution in [2.75, 3.05) is 7.11 Å². The summed E-state index contributed by atoms with van der Waals surface area (Å²) in [5, 5.41) is 0. The first kappa shape index (κ1) is 8.27. The second-order valence-electron chi connectivity index (χ2n) is 2.36. The van der Waals surface area contributed by atoms with Crippen LogP contribution in [0.25, 0.3) is 0 Å².